The highest BCUT2D eigenvalue weighted by Gasteiger charge is 2.30. The van der Waals surface area contributed by atoms with Crippen LogP contribution >= 0.6 is 11.8 Å². The monoisotopic (exact) mass is 631 g/mol. The molecule has 0 aromatic heterocycles. The molecule has 0 aliphatic carbocycles. The Kier molecular flexibility index (Phi) is 14.8. The van der Waals surface area contributed by atoms with E-state index in [0.29, 0.717) is 23.3 Å². The minimum Gasteiger partial charge on any atom is -0.508 e. The summed E-state index contributed by atoms with van der Waals surface area (Å²) >= 11 is 1.44. The third-order valence-electron chi connectivity index (χ3n) is 6.54. The van der Waals surface area contributed by atoms with Gasteiger partial charge in [0.05, 0.1) is 6.04 Å². The van der Waals surface area contributed by atoms with Crippen molar-refractivity contribution in [1.29, 1.82) is 0 Å². The minimum atomic E-state index is -1.25. The second-order valence-corrected chi connectivity index (χ2v) is 11.1. The van der Waals surface area contributed by atoms with E-state index in [1.165, 1.54) is 36.0 Å². The summed E-state index contributed by atoms with van der Waals surface area (Å²) in [4.78, 5) is 55.4. The number of nitrogens with zero attached hydrogens (tertiary/aromatic N) is 1. The summed E-state index contributed by atoms with van der Waals surface area (Å²) < 4.78 is 0. The predicted molar refractivity (Wildman–Crippen MR) is 168 cm³/mol. The molecule has 4 atom stereocenters. The van der Waals surface area contributed by atoms with Gasteiger partial charge in [0.1, 0.15) is 29.6 Å². The van der Waals surface area contributed by atoms with Crippen LogP contribution in [0.15, 0.2) is 53.5 Å². The van der Waals surface area contributed by atoms with Crippen molar-refractivity contribution in [1.82, 2.24) is 16.0 Å². The Morgan fingerprint density at radius 2 is 1.27 bits per heavy atom. The van der Waals surface area contributed by atoms with Crippen LogP contribution in [0.3, 0.4) is 0 Å². The fourth-order valence-corrected chi connectivity index (χ4v) is 4.62. The zero-order chi connectivity index (χ0) is 32.6. The zero-order valence-corrected chi connectivity index (χ0v) is 25.3. The Morgan fingerprint density at radius 1 is 0.773 bits per heavy atom. The lowest BCUT2D eigenvalue weighted by molar-refractivity contribution is -0.142. The number of aliphatic imine (C=N–C) groups is 1. The lowest BCUT2D eigenvalue weighted by Gasteiger charge is -2.25. The van der Waals surface area contributed by atoms with Gasteiger partial charge in [0.25, 0.3) is 0 Å². The summed E-state index contributed by atoms with van der Waals surface area (Å²) in [7, 11) is 0. The van der Waals surface area contributed by atoms with Crippen molar-refractivity contribution in [3.8, 4) is 11.5 Å². The van der Waals surface area contributed by atoms with E-state index < -0.39 is 47.9 Å². The Labute approximate surface area is 259 Å². The lowest BCUT2D eigenvalue weighted by atomic mass is 10.0. The average Bonchev–Trinajstić information content (AvgIpc) is 2.98. The lowest BCUT2D eigenvalue weighted by Crippen LogP contribution is -2.58. The number of aromatic hydroxyl groups is 2. The standard InChI is InChI=1S/C29H41N7O7S/c1-44-14-12-22(26(40)35-23(28(42)43)3-2-13-33-29(31)32)34-27(41)24(16-18-6-10-20(38)11-7-18)36-25(39)21(30)15-17-4-8-19(37)9-5-17/h4-11,21-24,37-38H,2-3,12-16,30H2,1H3,(H,34,41)(H,35,40)(H,36,39)(H,42,43)(H4,31,32,33). The van der Waals surface area contributed by atoms with Crippen molar-refractivity contribution in [3.63, 3.8) is 0 Å². The molecule has 12 N–H and O–H groups in total. The van der Waals surface area contributed by atoms with E-state index in [0.717, 1.165) is 0 Å². The Hall–Kier alpha value is -4.50. The fourth-order valence-electron chi connectivity index (χ4n) is 4.14. The van der Waals surface area contributed by atoms with Gasteiger partial charge in [-0.25, -0.2) is 4.79 Å². The molecule has 15 heteroatoms. The number of guanidine groups is 1. The highest BCUT2D eigenvalue weighted by molar-refractivity contribution is 7.98. The van der Waals surface area contributed by atoms with Crippen LogP contribution in [0.4, 0.5) is 0 Å². The van der Waals surface area contributed by atoms with Crippen molar-refractivity contribution < 1.29 is 34.5 Å². The van der Waals surface area contributed by atoms with Gasteiger partial charge < -0.3 is 48.5 Å². The number of benzene rings is 2. The molecule has 0 bridgehead atoms. The van der Waals surface area contributed by atoms with Crippen LogP contribution in [0.1, 0.15) is 30.4 Å². The number of amides is 3. The van der Waals surface area contributed by atoms with Crippen molar-refractivity contribution >= 4 is 41.4 Å². The first-order valence-corrected chi connectivity index (χ1v) is 15.3. The first kappa shape index (κ1) is 35.7. The van der Waals surface area contributed by atoms with E-state index in [1.54, 1.807) is 24.3 Å². The topological polar surface area (TPSA) is 255 Å². The third kappa shape index (κ3) is 12.8. The molecule has 4 unspecified atom stereocenters. The molecule has 0 aliphatic rings. The number of aliphatic carboxylic acids is 1. The van der Waals surface area contributed by atoms with E-state index in [2.05, 4.69) is 20.9 Å². The maximum absolute atomic E-state index is 13.6. The van der Waals surface area contributed by atoms with Crippen molar-refractivity contribution in [2.75, 3.05) is 18.6 Å². The molecule has 2 rings (SSSR count). The first-order valence-electron chi connectivity index (χ1n) is 13.9. The molecular weight excluding hydrogens is 590 g/mol. The maximum Gasteiger partial charge on any atom is 0.326 e. The number of phenols is 2. The number of carbonyl (C=O) groups is 4. The molecule has 0 saturated heterocycles. The van der Waals surface area contributed by atoms with E-state index in [1.807, 2.05) is 6.26 Å². The second-order valence-electron chi connectivity index (χ2n) is 10.1. The Morgan fingerprint density at radius 3 is 1.80 bits per heavy atom. The molecule has 240 valence electrons. The summed E-state index contributed by atoms with van der Waals surface area (Å²) in [6.45, 7) is 0.183. The summed E-state index contributed by atoms with van der Waals surface area (Å²) in [5, 5.41) is 36.6. The van der Waals surface area contributed by atoms with Crippen molar-refractivity contribution in [2.24, 2.45) is 22.2 Å². The summed E-state index contributed by atoms with van der Waals surface area (Å²) in [6.07, 6.45) is 2.52. The Bertz CT molecular complexity index is 1270. The van der Waals surface area contributed by atoms with Gasteiger partial charge in [-0.1, -0.05) is 24.3 Å². The number of hydrogen-bond donors (Lipinski definition) is 9. The average molecular weight is 632 g/mol. The number of thioether (sulfide) groups is 1. The van der Waals surface area contributed by atoms with Crippen LogP contribution in [0.5, 0.6) is 11.5 Å². The molecule has 2 aromatic carbocycles. The van der Waals surface area contributed by atoms with Crippen LogP contribution in [0.2, 0.25) is 0 Å². The molecule has 0 spiro atoms. The van der Waals surface area contributed by atoms with Crippen LogP contribution < -0.4 is 33.2 Å². The highest BCUT2D eigenvalue weighted by Crippen LogP contribution is 2.14. The van der Waals surface area contributed by atoms with Crippen LogP contribution in [0, 0.1) is 0 Å². The summed E-state index contributed by atoms with van der Waals surface area (Å²) in [6, 6.07) is 7.75. The number of rotatable bonds is 18. The minimum absolute atomic E-state index is 0.0171. The SMILES string of the molecule is CSCCC(NC(=O)C(Cc1ccc(O)cc1)NC(=O)C(N)Cc1ccc(O)cc1)C(=O)NC(CCCN=C(N)N)C(=O)O. The van der Waals surface area contributed by atoms with Gasteiger partial charge in [-0.2, -0.15) is 11.8 Å². The van der Waals surface area contributed by atoms with Crippen LogP contribution in [0.25, 0.3) is 0 Å². The quantitative estimate of drug-likeness (QED) is 0.0579. The number of carboxylic acids is 1. The van der Waals surface area contributed by atoms with Gasteiger partial charge in [0.15, 0.2) is 5.96 Å². The third-order valence-corrected chi connectivity index (χ3v) is 7.19. The van der Waals surface area contributed by atoms with Gasteiger partial charge in [-0.05, 0) is 73.1 Å². The molecular formula is C29H41N7O7S. The van der Waals surface area contributed by atoms with Gasteiger partial charge in [0, 0.05) is 13.0 Å². The first-order chi connectivity index (χ1) is 20.9. The summed E-state index contributed by atoms with van der Waals surface area (Å²) in [5.74, 6) is -2.80. The molecule has 0 saturated carbocycles. The van der Waals surface area contributed by atoms with E-state index in [-0.39, 0.29) is 49.7 Å². The molecule has 2 aromatic rings. The number of nitrogens with one attached hydrogen (secondary N) is 3. The molecule has 0 heterocycles. The number of phenolic OH excluding ortho intramolecular Hbond substituents is 2. The zero-order valence-electron chi connectivity index (χ0n) is 24.4. The largest absolute Gasteiger partial charge is 0.508 e. The number of carboxylic acid groups (broad SMARTS) is 1. The van der Waals surface area contributed by atoms with Crippen molar-refractivity contribution in [3.05, 3.63) is 59.7 Å². The maximum atomic E-state index is 13.6. The predicted octanol–water partition coefficient (Wildman–Crippen LogP) is -0.444. The van der Waals surface area contributed by atoms with Crippen molar-refractivity contribution in [2.45, 2.75) is 56.3 Å². The molecule has 0 fully saturated rings. The van der Waals surface area contributed by atoms with Gasteiger partial charge in [-0.15, -0.1) is 0 Å². The molecule has 0 radical (unpaired) electrons. The smallest absolute Gasteiger partial charge is 0.326 e. The normalized spacial score (nSPS) is 13.5. The van der Waals surface area contributed by atoms with E-state index in [9.17, 15) is 34.5 Å². The van der Waals surface area contributed by atoms with Gasteiger partial charge in [-0.3, -0.25) is 19.4 Å². The molecule has 14 nitrogen and oxygen atoms in total. The van der Waals surface area contributed by atoms with E-state index in [4.69, 9.17) is 17.2 Å². The van der Waals surface area contributed by atoms with Gasteiger partial charge >= 0.3 is 5.97 Å². The summed E-state index contributed by atoms with van der Waals surface area (Å²) in [5.41, 5.74) is 18.0. The molecule has 0 aliphatic heterocycles. The number of hydrogen-bond acceptors (Lipinski definition) is 9. The Balaban J connectivity index is 2.19. The van der Waals surface area contributed by atoms with Gasteiger partial charge in [0.2, 0.25) is 17.7 Å². The molecule has 44 heavy (non-hydrogen) atoms. The second kappa shape index (κ2) is 18.2. The van der Waals surface area contributed by atoms with E-state index >= 15 is 0 Å². The van der Waals surface area contributed by atoms with Crippen LogP contribution in [-0.4, -0.2) is 87.7 Å². The number of nitrogens with two attached hydrogens (primary N) is 3. The fraction of sp³-hybridized carbons (Fsp3) is 0.414. The highest BCUT2D eigenvalue weighted by atomic mass is 32.2. The van der Waals surface area contributed by atoms with Crippen LogP contribution in [-0.2, 0) is 32.0 Å². The number of carbonyl (C=O) groups excluding carboxylic acids is 3. The molecule has 3 amide bonds.